The second kappa shape index (κ2) is 26.1. The number of aromatic nitrogens is 6. The zero-order chi connectivity index (χ0) is 54.7. The smallest absolute Gasteiger partial charge is 0.455 e. The molecule has 0 aliphatic carbocycles. The molecule has 1 unspecified atom stereocenters. The van der Waals surface area contributed by atoms with Crippen molar-refractivity contribution in [3.63, 3.8) is 0 Å². The van der Waals surface area contributed by atoms with E-state index in [1.165, 1.54) is 44.7 Å². The lowest BCUT2D eigenvalue weighted by molar-refractivity contribution is -0.158. The van der Waals surface area contributed by atoms with Crippen LogP contribution in [0.2, 0.25) is 0 Å². The van der Waals surface area contributed by atoms with Crippen molar-refractivity contribution in [3.05, 3.63) is 75.7 Å². The Bertz CT molecular complexity index is 2840. The number of nitrogen functional groups attached to an aromatic ring is 2. The molecule has 35 heteroatoms. The lowest BCUT2D eigenvalue weighted by Crippen LogP contribution is -2.48. The van der Waals surface area contributed by atoms with Gasteiger partial charge in [-0.25, -0.2) is 33.7 Å². The van der Waals surface area contributed by atoms with E-state index in [0.29, 0.717) is 17.7 Å². The Hall–Kier alpha value is -5.47. The number of ether oxygens (including phenoxy) is 4. The predicted octanol–water partition coefficient (Wildman–Crippen LogP) is 2.35. The van der Waals surface area contributed by atoms with E-state index in [1.807, 2.05) is 20.8 Å². The van der Waals surface area contributed by atoms with Crippen molar-refractivity contribution in [2.75, 3.05) is 37.0 Å². The number of rotatable bonds is 25. The third-order valence-corrected chi connectivity index (χ3v) is 15.7. The fraction of sp³-hybridized carbons (Fsp3) is 0.550. The molecule has 4 aromatic rings. The number of nitrogens with one attached hydrogen (secondary N) is 2. The van der Waals surface area contributed by atoms with Gasteiger partial charge < -0.3 is 66.6 Å². The number of unbranched alkanes of at least 4 members (excludes halogenated alkanes) is 1. The van der Waals surface area contributed by atoms with Gasteiger partial charge in [0.2, 0.25) is 5.91 Å². The van der Waals surface area contributed by atoms with Crippen LogP contribution in [-0.2, 0) is 57.8 Å². The number of esters is 1. The first kappa shape index (κ1) is 58.8. The molecule has 0 saturated carbocycles. The molecule has 5 heterocycles. The van der Waals surface area contributed by atoms with Gasteiger partial charge in [-0.05, 0) is 36.4 Å². The van der Waals surface area contributed by atoms with Crippen LogP contribution >= 0.6 is 37.2 Å². The molecule has 10 atom stereocenters. The Morgan fingerprint density at radius 1 is 1.03 bits per heavy atom. The first-order chi connectivity index (χ1) is 35.4. The van der Waals surface area contributed by atoms with E-state index in [-0.39, 0.29) is 65.7 Å². The van der Waals surface area contributed by atoms with Crippen LogP contribution in [-0.4, -0.2) is 140 Å². The van der Waals surface area contributed by atoms with E-state index in [4.69, 9.17) is 50.7 Å². The summed E-state index contributed by atoms with van der Waals surface area (Å²) in [4.78, 5) is 100. The van der Waals surface area contributed by atoms with Gasteiger partial charge in [-0.15, -0.1) is 0 Å². The number of benzene rings is 1. The van der Waals surface area contributed by atoms with Crippen LogP contribution in [0.25, 0.3) is 21.6 Å². The van der Waals surface area contributed by atoms with E-state index < -0.39 is 108 Å². The molecule has 2 saturated heterocycles. The first-order valence-corrected chi connectivity index (χ1v) is 28.0. The lowest BCUT2D eigenvalue weighted by Gasteiger charge is -2.24. The SMILES string of the molecule is CC(C)(C)SSC[C@H](NC(=O)OCc1ccc(N=[N+]=[N-])cc1)C(=O)NCCCC[C@H](N)C(=O)O[C@H]1[C@@H](O)[C@H](n2cnc3c(N)ncnc32)O[C@@H]1COP(=O)(O)O[C@H]1C[C@H](n2ccc(N)nc2=O)O[C@@H]1COP(=O)(O)O. The molecule has 6 rings (SSSR count). The number of imidazole rings is 1. The van der Waals surface area contributed by atoms with Crippen LogP contribution < -0.4 is 33.5 Å². The summed E-state index contributed by atoms with van der Waals surface area (Å²) in [5, 5.41) is 20.5. The number of anilines is 2. The number of aliphatic hydroxyl groups excluding tert-OH is 1. The van der Waals surface area contributed by atoms with Crippen molar-refractivity contribution in [2.24, 2.45) is 10.8 Å². The molecule has 2 amide bonds. The quantitative estimate of drug-likeness (QED) is 0.00874. The predicted molar refractivity (Wildman–Crippen MR) is 267 cm³/mol. The highest BCUT2D eigenvalue weighted by atomic mass is 33.1. The molecular weight excluding hydrogens is 1070 g/mol. The second-order valence-electron chi connectivity index (χ2n) is 17.6. The Morgan fingerprint density at radius 2 is 1.76 bits per heavy atom. The molecule has 12 N–H and O–H groups in total. The minimum Gasteiger partial charge on any atom is -0.455 e. The number of alkyl carbamates (subject to hydrolysis) is 1. The van der Waals surface area contributed by atoms with Gasteiger partial charge in [0.05, 0.1) is 19.5 Å². The maximum Gasteiger partial charge on any atom is 0.472 e. The Balaban J connectivity index is 1.06. The van der Waals surface area contributed by atoms with Gasteiger partial charge in [0, 0.05) is 40.3 Å². The summed E-state index contributed by atoms with van der Waals surface area (Å²) in [5.41, 5.74) is 26.8. The van der Waals surface area contributed by atoms with Crippen LogP contribution in [0.5, 0.6) is 0 Å². The summed E-state index contributed by atoms with van der Waals surface area (Å²) in [7, 11) is -7.42. The van der Waals surface area contributed by atoms with Crippen LogP contribution in [0.15, 0.2) is 59.1 Å². The Kier molecular flexibility index (Phi) is 20.4. The van der Waals surface area contributed by atoms with Crippen molar-refractivity contribution in [3.8, 4) is 0 Å². The van der Waals surface area contributed by atoms with Crippen molar-refractivity contribution in [2.45, 2.75) is 113 Å². The molecule has 0 spiro atoms. The van der Waals surface area contributed by atoms with Gasteiger partial charge >= 0.3 is 33.4 Å². The summed E-state index contributed by atoms with van der Waals surface area (Å²) in [6.07, 6.45) is -7.48. The maximum atomic E-state index is 13.6. The summed E-state index contributed by atoms with van der Waals surface area (Å²) in [6, 6.07) is 5.36. The Morgan fingerprint density at radius 3 is 2.45 bits per heavy atom. The van der Waals surface area contributed by atoms with Gasteiger partial charge in [0.15, 0.2) is 23.8 Å². The number of nitrogens with zero attached hydrogens (tertiary/aromatic N) is 9. The highest BCUT2D eigenvalue weighted by Gasteiger charge is 2.50. The molecular formula is C40H56N14O17P2S2. The number of carbonyl (C=O) groups excluding carboxylic acids is 3. The monoisotopic (exact) mass is 1130 g/mol. The van der Waals surface area contributed by atoms with Gasteiger partial charge in [0.25, 0.3) is 0 Å². The highest BCUT2D eigenvalue weighted by Crippen LogP contribution is 2.50. The molecule has 2 fully saturated rings. The minimum absolute atomic E-state index is 0.00594. The molecule has 3 aromatic heterocycles. The largest absolute Gasteiger partial charge is 0.472 e. The number of fused-ring (bicyclic) bond motifs is 1. The van der Waals surface area contributed by atoms with Crippen molar-refractivity contribution < 1.29 is 75.8 Å². The van der Waals surface area contributed by atoms with E-state index in [2.05, 4.69) is 45.1 Å². The first-order valence-electron chi connectivity index (χ1n) is 22.6. The number of hydrogen-bond acceptors (Lipinski definition) is 24. The topological polar surface area (TPSA) is 460 Å². The molecule has 1 aromatic carbocycles. The van der Waals surface area contributed by atoms with Crippen LogP contribution in [0.1, 0.15) is 64.5 Å². The van der Waals surface area contributed by atoms with Gasteiger partial charge in [-0.1, -0.05) is 71.7 Å². The second-order valence-corrected chi connectivity index (χ2v) is 23.5. The van der Waals surface area contributed by atoms with Crippen LogP contribution in [0, 0.1) is 0 Å². The molecule has 0 bridgehead atoms. The van der Waals surface area contributed by atoms with Crippen molar-refractivity contribution in [1.82, 2.24) is 39.7 Å². The van der Waals surface area contributed by atoms with E-state index in [1.54, 1.807) is 24.3 Å². The summed E-state index contributed by atoms with van der Waals surface area (Å²) in [6.45, 7) is 4.25. The van der Waals surface area contributed by atoms with Gasteiger partial charge in [0.1, 0.15) is 67.0 Å². The zero-order valence-corrected chi connectivity index (χ0v) is 43.7. The molecule has 31 nitrogen and oxygen atoms in total. The molecule has 0 radical (unpaired) electrons. The number of phosphoric acid groups is 2. The summed E-state index contributed by atoms with van der Waals surface area (Å²) in [5.74, 6) is -1.43. The average molecular weight is 1130 g/mol. The maximum absolute atomic E-state index is 13.6. The van der Waals surface area contributed by atoms with Crippen LogP contribution in [0.3, 0.4) is 0 Å². The molecule has 75 heavy (non-hydrogen) atoms. The van der Waals surface area contributed by atoms with Crippen molar-refractivity contribution >= 4 is 83.7 Å². The summed E-state index contributed by atoms with van der Waals surface area (Å²) < 4.78 is 65.2. The molecule has 410 valence electrons. The zero-order valence-electron chi connectivity index (χ0n) is 40.2. The normalized spacial score (nSPS) is 22.4. The van der Waals surface area contributed by atoms with Gasteiger partial charge in [-0.2, -0.15) is 4.98 Å². The fourth-order valence-corrected chi connectivity index (χ4v) is 11.0. The van der Waals surface area contributed by atoms with E-state index in [9.17, 15) is 48.1 Å². The van der Waals surface area contributed by atoms with Crippen molar-refractivity contribution in [1.29, 1.82) is 0 Å². The third kappa shape index (κ3) is 17.3. The summed E-state index contributed by atoms with van der Waals surface area (Å²) >= 11 is 0. The number of amides is 2. The van der Waals surface area contributed by atoms with E-state index in [0.717, 1.165) is 10.9 Å². The standard InChI is InChI=1S/C40H56N14O17P2S2/c1-40(2,3)75-74-18-24(49-39(59)65-15-21-7-9-22(10-8-21)51-52-44)35(56)45-12-5-4-6-23(41)37(57)70-32-27(69-36(31(32)55)54-20-48-30-33(43)46-19-47-34(30)54)17-67-73(63,64)71-25-14-29(53-13-11-28(42)50-38(53)58)68-26(25)16-66-72(60,61)62/h7-11,13,19-20,23-27,29,31-32,36,55H,4-6,12,14-18,41H2,1-3H3,(H,45,56)(H,49,59)(H,63,64)(H2,42,50,58)(H2,43,46,47)(H2,60,61,62)/t23-,24-,25-,26+,27+,29+,31+,32+,36+/m0/s1. The lowest BCUT2D eigenvalue weighted by atomic mass is 10.1. The number of hydrogen-bond donors (Lipinski definition) is 9. The molecule has 2 aliphatic heterocycles. The third-order valence-electron chi connectivity index (χ3n) is 10.8. The number of aliphatic hydroxyl groups is 1. The molecule has 2 aliphatic rings. The van der Waals surface area contributed by atoms with Gasteiger partial charge in [-0.3, -0.25) is 32.3 Å². The number of phosphoric ester groups is 2. The number of azide groups is 1. The minimum atomic E-state index is -5.24. The fourth-order valence-electron chi connectivity index (χ4n) is 7.27. The highest BCUT2D eigenvalue weighted by molar-refractivity contribution is 8.77. The average Bonchev–Trinajstić information content (AvgIpc) is 4.04. The van der Waals surface area contributed by atoms with Crippen LogP contribution in [0.4, 0.5) is 22.1 Å². The number of nitrogens with two attached hydrogens (primary N) is 3. The van der Waals surface area contributed by atoms with E-state index >= 15 is 0 Å². The Labute approximate surface area is 434 Å². The number of carbonyl (C=O) groups is 3.